The fourth-order valence-electron chi connectivity index (χ4n) is 1.76. The summed E-state index contributed by atoms with van der Waals surface area (Å²) in [6.07, 6.45) is 1.88. The Balaban J connectivity index is 1.87. The Bertz CT molecular complexity index is 587. The highest BCUT2D eigenvalue weighted by molar-refractivity contribution is 7.09. The van der Waals surface area contributed by atoms with Crippen molar-refractivity contribution in [2.24, 2.45) is 0 Å². The summed E-state index contributed by atoms with van der Waals surface area (Å²) < 4.78 is 0. The van der Waals surface area contributed by atoms with Gasteiger partial charge in [0.05, 0.1) is 6.54 Å². The smallest absolute Gasteiger partial charge is 0.326 e. The molecular weight excluding hydrogens is 290 g/mol. The molecule has 1 aromatic carbocycles. The van der Waals surface area contributed by atoms with Crippen LogP contribution in [0.25, 0.3) is 0 Å². The first-order valence-corrected chi connectivity index (χ1v) is 7.22. The van der Waals surface area contributed by atoms with Crippen LogP contribution in [0.5, 0.6) is 0 Å². The number of carboxylic acid groups (broad SMARTS) is 1. The number of rotatable bonds is 6. The first-order valence-electron chi connectivity index (χ1n) is 6.34. The molecule has 1 heterocycles. The first kappa shape index (κ1) is 15.0. The van der Waals surface area contributed by atoms with Crippen molar-refractivity contribution in [3.63, 3.8) is 0 Å². The fourth-order valence-corrected chi connectivity index (χ4v) is 2.31. The molecule has 0 fully saturated rings. The summed E-state index contributed by atoms with van der Waals surface area (Å²) in [5.41, 5.74) is 0.852. The lowest BCUT2D eigenvalue weighted by Crippen LogP contribution is -2.46. The molecule has 110 valence electrons. The molecule has 21 heavy (non-hydrogen) atoms. The van der Waals surface area contributed by atoms with E-state index in [-0.39, 0.29) is 13.0 Å². The molecule has 2 aromatic rings. The number of hydrogen-bond donors (Lipinski definition) is 3. The number of aliphatic carboxylic acids is 1. The van der Waals surface area contributed by atoms with E-state index in [4.69, 9.17) is 0 Å². The summed E-state index contributed by atoms with van der Waals surface area (Å²) in [5.74, 6) is -1.07. The zero-order valence-corrected chi connectivity index (χ0v) is 12.0. The molecule has 3 N–H and O–H groups in total. The molecule has 0 saturated heterocycles. The van der Waals surface area contributed by atoms with Crippen LogP contribution in [0.1, 0.15) is 10.6 Å². The number of urea groups is 1. The minimum Gasteiger partial charge on any atom is -0.480 e. The molecule has 2 amide bonds. The Hall–Kier alpha value is -2.41. The highest BCUT2D eigenvalue weighted by atomic mass is 32.1. The second kappa shape index (κ2) is 7.39. The number of aromatic nitrogens is 1. The van der Waals surface area contributed by atoms with E-state index in [1.807, 2.05) is 35.7 Å². The van der Waals surface area contributed by atoms with Gasteiger partial charge in [-0.2, -0.15) is 0 Å². The molecule has 0 aliphatic carbocycles. The van der Waals surface area contributed by atoms with Gasteiger partial charge in [0, 0.05) is 18.0 Å². The second-order valence-corrected chi connectivity index (χ2v) is 5.31. The van der Waals surface area contributed by atoms with Gasteiger partial charge in [0.2, 0.25) is 0 Å². The topological polar surface area (TPSA) is 91.3 Å². The Morgan fingerprint density at radius 2 is 2.05 bits per heavy atom. The average Bonchev–Trinajstić information content (AvgIpc) is 2.99. The van der Waals surface area contributed by atoms with Crippen LogP contribution in [-0.2, 0) is 17.8 Å². The molecule has 6 nitrogen and oxygen atoms in total. The molecule has 0 unspecified atom stereocenters. The second-order valence-electron chi connectivity index (χ2n) is 4.33. The van der Waals surface area contributed by atoms with E-state index in [9.17, 15) is 14.7 Å². The van der Waals surface area contributed by atoms with Crippen LogP contribution in [0.4, 0.5) is 4.79 Å². The third-order valence-corrected chi connectivity index (χ3v) is 3.55. The molecule has 7 heteroatoms. The van der Waals surface area contributed by atoms with Crippen molar-refractivity contribution < 1.29 is 14.7 Å². The maximum Gasteiger partial charge on any atom is 0.326 e. The van der Waals surface area contributed by atoms with E-state index in [2.05, 4.69) is 15.6 Å². The zero-order chi connectivity index (χ0) is 15.1. The van der Waals surface area contributed by atoms with Crippen molar-refractivity contribution in [2.45, 2.75) is 19.0 Å². The van der Waals surface area contributed by atoms with Gasteiger partial charge in [0.1, 0.15) is 11.0 Å². The Morgan fingerprint density at radius 3 is 2.67 bits per heavy atom. The number of thiazole rings is 1. The number of carbonyl (C=O) groups is 2. The number of amides is 2. The summed E-state index contributed by atoms with van der Waals surface area (Å²) in [4.78, 5) is 27.0. The number of carbonyl (C=O) groups excluding carboxylic acids is 1. The molecule has 0 spiro atoms. The number of hydrogen-bond acceptors (Lipinski definition) is 4. The molecule has 0 aliphatic heterocycles. The van der Waals surface area contributed by atoms with Crippen molar-refractivity contribution in [1.29, 1.82) is 0 Å². The molecular formula is C14H15N3O3S. The maximum atomic E-state index is 11.7. The van der Waals surface area contributed by atoms with Gasteiger partial charge in [0.25, 0.3) is 0 Å². The van der Waals surface area contributed by atoms with Crippen LogP contribution >= 0.6 is 11.3 Å². The Morgan fingerprint density at radius 1 is 1.29 bits per heavy atom. The third-order valence-electron chi connectivity index (χ3n) is 2.77. The van der Waals surface area contributed by atoms with Crippen molar-refractivity contribution >= 4 is 23.3 Å². The van der Waals surface area contributed by atoms with Crippen LogP contribution in [0.3, 0.4) is 0 Å². The summed E-state index contributed by atoms with van der Waals surface area (Å²) in [6.45, 7) is 0.279. The van der Waals surface area contributed by atoms with E-state index in [0.29, 0.717) is 0 Å². The molecule has 0 radical (unpaired) electrons. The van der Waals surface area contributed by atoms with Crippen molar-refractivity contribution in [3.8, 4) is 0 Å². The van der Waals surface area contributed by atoms with E-state index in [1.165, 1.54) is 11.3 Å². The summed E-state index contributed by atoms with van der Waals surface area (Å²) >= 11 is 1.42. The van der Waals surface area contributed by atoms with Gasteiger partial charge >= 0.3 is 12.0 Å². The fraction of sp³-hybridized carbons (Fsp3) is 0.214. The van der Waals surface area contributed by atoms with Gasteiger partial charge in [-0.25, -0.2) is 14.6 Å². The lowest BCUT2D eigenvalue weighted by Gasteiger charge is -2.15. The van der Waals surface area contributed by atoms with E-state index < -0.39 is 18.0 Å². The predicted octanol–water partition coefficient (Wildman–Crippen LogP) is 1.64. The normalized spacial score (nSPS) is 11.6. The van der Waals surface area contributed by atoms with Gasteiger partial charge in [0.15, 0.2) is 0 Å². The largest absolute Gasteiger partial charge is 0.480 e. The van der Waals surface area contributed by atoms with Crippen LogP contribution in [0, 0.1) is 0 Å². The predicted molar refractivity (Wildman–Crippen MR) is 79.1 cm³/mol. The average molecular weight is 305 g/mol. The zero-order valence-electron chi connectivity index (χ0n) is 11.2. The van der Waals surface area contributed by atoms with Crippen LogP contribution in [0.2, 0.25) is 0 Å². The first-order chi connectivity index (χ1) is 10.1. The monoisotopic (exact) mass is 305 g/mol. The van der Waals surface area contributed by atoms with Gasteiger partial charge in [-0.1, -0.05) is 30.3 Å². The highest BCUT2D eigenvalue weighted by Crippen LogP contribution is 2.04. The lowest BCUT2D eigenvalue weighted by atomic mass is 10.1. The van der Waals surface area contributed by atoms with Crippen molar-refractivity contribution in [1.82, 2.24) is 15.6 Å². The molecule has 0 saturated carbocycles. The van der Waals surface area contributed by atoms with E-state index in [0.717, 1.165) is 10.6 Å². The van der Waals surface area contributed by atoms with E-state index in [1.54, 1.807) is 6.20 Å². The Kier molecular flexibility index (Phi) is 5.28. The van der Waals surface area contributed by atoms with Gasteiger partial charge < -0.3 is 15.7 Å². The third kappa shape index (κ3) is 4.88. The van der Waals surface area contributed by atoms with Crippen LogP contribution in [-0.4, -0.2) is 28.1 Å². The van der Waals surface area contributed by atoms with Crippen molar-refractivity contribution in [3.05, 3.63) is 52.5 Å². The summed E-state index contributed by atoms with van der Waals surface area (Å²) in [6, 6.07) is 7.68. The number of benzene rings is 1. The minimum atomic E-state index is -1.07. The SMILES string of the molecule is O=C(NCc1nccs1)N[C@H](Cc1ccccc1)C(=O)O. The Labute approximate surface area is 125 Å². The minimum absolute atomic E-state index is 0.237. The van der Waals surface area contributed by atoms with Gasteiger partial charge in [-0.3, -0.25) is 0 Å². The molecule has 0 aliphatic rings. The number of carboxylic acids is 1. The van der Waals surface area contributed by atoms with Crippen molar-refractivity contribution in [2.75, 3.05) is 0 Å². The highest BCUT2D eigenvalue weighted by Gasteiger charge is 2.20. The standard InChI is InChI=1S/C14H15N3O3S/c18-13(19)11(8-10-4-2-1-3-5-10)17-14(20)16-9-12-15-6-7-21-12/h1-7,11H,8-9H2,(H,18,19)(H2,16,17,20)/t11-/m1/s1. The van der Waals surface area contributed by atoms with E-state index >= 15 is 0 Å². The quantitative estimate of drug-likeness (QED) is 0.756. The van der Waals surface area contributed by atoms with Crippen LogP contribution in [0.15, 0.2) is 41.9 Å². The summed E-state index contributed by atoms with van der Waals surface area (Å²) in [5, 5.41) is 16.8. The van der Waals surface area contributed by atoms with Crippen LogP contribution < -0.4 is 10.6 Å². The summed E-state index contributed by atoms with van der Waals surface area (Å²) in [7, 11) is 0. The van der Waals surface area contributed by atoms with Gasteiger partial charge in [-0.15, -0.1) is 11.3 Å². The van der Waals surface area contributed by atoms with Gasteiger partial charge in [-0.05, 0) is 5.56 Å². The number of nitrogens with zero attached hydrogens (tertiary/aromatic N) is 1. The molecule has 2 rings (SSSR count). The maximum absolute atomic E-state index is 11.7. The lowest BCUT2D eigenvalue weighted by molar-refractivity contribution is -0.139. The molecule has 0 bridgehead atoms. The number of nitrogens with one attached hydrogen (secondary N) is 2. The molecule has 1 aromatic heterocycles. The molecule has 1 atom stereocenters.